The molecule has 7 heteroatoms. The highest BCUT2D eigenvalue weighted by atomic mass is 32.2. The quantitative estimate of drug-likeness (QED) is 0.898. The van der Waals surface area contributed by atoms with Gasteiger partial charge in [-0.2, -0.15) is 0 Å². The van der Waals surface area contributed by atoms with Gasteiger partial charge in [-0.15, -0.1) is 0 Å². The van der Waals surface area contributed by atoms with Crippen molar-refractivity contribution in [3.8, 4) is 0 Å². The van der Waals surface area contributed by atoms with E-state index in [1.807, 2.05) is 25.1 Å². The monoisotopic (exact) mass is 348 g/mol. The normalized spacial score (nSPS) is 15.6. The Morgan fingerprint density at radius 1 is 1.21 bits per heavy atom. The van der Waals surface area contributed by atoms with Crippen molar-refractivity contribution >= 4 is 26.7 Å². The van der Waals surface area contributed by atoms with Crippen molar-refractivity contribution in [2.45, 2.75) is 45.4 Å². The molecule has 0 amide bonds. The molecule has 1 aliphatic rings. The molecule has 2 aromatic rings. The minimum absolute atomic E-state index is 0.117. The van der Waals surface area contributed by atoms with Crippen molar-refractivity contribution in [3.63, 3.8) is 0 Å². The summed E-state index contributed by atoms with van der Waals surface area (Å²) in [7, 11) is -3.34. The Kier molecular flexibility index (Phi) is 4.73. The maximum atomic E-state index is 12.0. The maximum absolute atomic E-state index is 12.0. The van der Waals surface area contributed by atoms with Crippen LogP contribution in [0.1, 0.15) is 38.1 Å². The number of para-hydroxylation sites is 1. The third-order valence-corrected chi connectivity index (χ3v) is 6.20. The van der Waals surface area contributed by atoms with Gasteiger partial charge in [0.2, 0.25) is 10.0 Å². The van der Waals surface area contributed by atoms with Gasteiger partial charge >= 0.3 is 0 Å². The van der Waals surface area contributed by atoms with Gasteiger partial charge in [0.05, 0.1) is 17.3 Å². The first kappa shape index (κ1) is 17.1. The Bertz CT molecular complexity index is 843. The van der Waals surface area contributed by atoms with Gasteiger partial charge in [0, 0.05) is 18.5 Å². The number of hydrogen-bond donors (Lipinski definition) is 1. The summed E-state index contributed by atoms with van der Waals surface area (Å²) >= 11 is 0. The largest absolute Gasteiger partial charge is 0.356 e. The number of rotatable bonds is 5. The molecule has 3 rings (SSSR count). The molecule has 0 bridgehead atoms. The van der Waals surface area contributed by atoms with Gasteiger partial charge in [-0.25, -0.2) is 23.1 Å². The Balaban J connectivity index is 2.01. The molecule has 1 fully saturated rings. The fourth-order valence-electron chi connectivity index (χ4n) is 2.91. The third-order valence-electron chi connectivity index (χ3n) is 4.41. The standard InChI is InChI=1S/C17H24N4O2S/c1-12(2)24(22,23)18-11-15-19-16-13(3)7-6-8-14(16)17(20-15)21-9-4-5-10-21/h6-8,12,18H,4-5,9-11H2,1-3H3. The highest BCUT2D eigenvalue weighted by Crippen LogP contribution is 2.28. The van der Waals surface area contributed by atoms with Gasteiger partial charge in [0.25, 0.3) is 0 Å². The predicted octanol–water partition coefficient (Wildman–Crippen LogP) is 2.37. The summed E-state index contributed by atoms with van der Waals surface area (Å²) in [4.78, 5) is 11.5. The molecule has 1 saturated heterocycles. The van der Waals surface area contributed by atoms with Crippen LogP contribution < -0.4 is 9.62 Å². The molecular formula is C17H24N4O2S. The fraction of sp³-hybridized carbons (Fsp3) is 0.529. The van der Waals surface area contributed by atoms with Crippen LogP contribution in [0, 0.1) is 6.92 Å². The molecule has 0 atom stereocenters. The van der Waals surface area contributed by atoms with Crippen LogP contribution in [0.25, 0.3) is 10.9 Å². The minimum Gasteiger partial charge on any atom is -0.356 e. The Labute approximate surface area is 143 Å². The molecule has 0 unspecified atom stereocenters. The lowest BCUT2D eigenvalue weighted by Gasteiger charge is -2.20. The lowest BCUT2D eigenvalue weighted by Crippen LogP contribution is -2.31. The van der Waals surface area contributed by atoms with E-state index in [2.05, 4.69) is 19.6 Å². The molecule has 130 valence electrons. The number of nitrogens with zero attached hydrogens (tertiary/aromatic N) is 3. The number of aromatic nitrogens is 2. The van der Waals surface area contributed by atoms with Gasteiger partial charge < -0.3 is 4.90 Å². The lowest BCUT2D eigenvalue weighted by atomic mass is 10.1. The third kappa shape index (κ3) is 3.37. The van der Waals surface area contributed by atoms with E-state index in [1.54, 1.807) is 13.8 Å². The zero-order chi connectivity index (χ0) is 17.3. The van der Waals surface area contributed by atoms with E-state index in [4.69, 9.17) is 0 Å². The summed E-state index contributed by atoms with van der Waals surface area (Å²) in [5, 5.41) is 0.560. The summed E-state index contributed by atoms with van der Waals surface area (Å²) in [5.41, 5.74) is 1.97. The highest BCUT2D eigenvalue weighted by Gasteiger charge is 2.20. The van der Waals surface area contributed by atoms with E-state index < -0.39 is 15.3 Å². The van der Waals surface area contributed by atoms with E-state index >= 15 is 0 Å². The molecule has 2 heterocycles. The summed E-state index contributed by atoms with van der Waals surface area (Å²) in [5.74, 6) is 1.43. The smallest absolute Gasteiger partial charge is 0.214 e. The topological polar surface area (TPSA) is 75.2 Å². The fourth-order valence-corrected chi connectivity index (χ4v) is 3.57. The molecule has 0 spiro atoms. The first-order valence-electron chi connectivity index (χ1n) is 8.38. The number of aryl methyl sites for hydroxylation is 1. The number of fused-ring (bicyclic) bond motifs is 1. The second-order valence-electron chi connectivity index (χ2n) is 6.54. The van der Waals surface area contributed by atoms with E-state index in [-0.39, 0.29) is 6.54 Å². The van der Waals surface area contributed by atoms with Crippen molar-refractivity contribution in [2.24, 2.45) is 0 Å². The second-order valence-corrected chi connectivity index (χ2v) is 8.87. The molecule has 1 aliphatic heterocycles. The van der Waals surface area contributed by atoms with Crippen LogP contribution in [0.15, 0.2) is 18.2 Å². The Morgan fingerprint density at radius 2 is 1.92 bits per heavy atom. The molecule has 24 heavy (non-hydrogen) atoms. The second kappa shape index (κ2) is 6.64. The predicted molar refractivity (Wildman–Crippen MR) is 96.6 cm³/mol. The molecular weight excluding hydrogens is 324 g/mol. The van der Waals surface area contributed by atoms with Crippen molar-refractivity contribution in [1.29, 1.82) is 0 Å². The SMILES string of the molecule is Cc1cccc2c(N3CCCC3)nc(CNS(=O)(=O)C(C)C)nc12. The van der Waals surface area contributed by atoms with Crippen LogP contribution in [0.2, 0.25) is 0 Å². The maximum Gasteiger partial charge on any atom is 0.214 e. The van der Waals surface area contributed by atoms with Crippen molar-refractivity contribution < 1.29 is 8.42 Å². The van der Waals surface area contributed by atoms with Gasteiger partial charge in [0.1, 0.15) is 11.6 Å². The first-order valence-corrected chi connectivity index (χ1v) is 9.93. The summed E-state index contributed by atoms with van der Waals surface area (Å²) in [6, 6.07) is 6.07. The van der Waals surface area contributed by atoms with Gasteiger partial charge in [-0.05, 0) is 45.2 Å². The zero-order valence-electron chi connectivity index (χ0n) is 14.4. The summed E-state index contributed by atoms with van der Waals surface area (Å²) in [6.07, 6.45) is 2.32. The van der Waals surface area contributed by atoms with Crippen LogP contribution in [0.3, 0.4) is 0 Å². The van der Waals surface area contributed by atoms with Gasteiger partial charge in [-0.3, -0.25) is 0 Å². The highest BCUT2D eigenvalue weighted by molar-refractivity contribution is 7.90. The van der Waals surface area contributed by atoms with E-state index in [1.165, 1.54) is 0 Å². The molecule has 1 aromatic heterocycles. The summed E-state index contributed by atoms with van der Waals surface area (Å²) in [6.45, 7) is 7.41. The molecule has 6 nitrogen and oxygen atoms in total. The van der Waals surface area contributed by atoms with Gasteiger partial charge in [-0.1, -0.05) is 12.1 Å². The number of hydrogen-bond acceptors (Lipinski definition) is 5. The van der Waals surface area contributed by atoms with Crippen LogP contribution in [-0.2, 0) is 16.6 Å². The molecule has 0 aliphatic carbocycles. The number of nitrogens with one attached hydrogen (secondary N) is 1. The average Bonchev–Trinajstić information content (AvgIpc) is 3.07. The Morgan fingerprint density at radius 3 is 2.58 bits per heavy atom. The minimum atomic E-state index is -3.34. The first-order chi connectivity index (χ1) is 11.4. The summed E-state index contributed by atoms with van der Waals surface area (Å²) < 4.78 is 26.6. The average molecular weight is 348 g/mol. The van der Waals surface area contributed by atoms with E-state index in [9.17, 15) is 8.42 Å². The molecule has 1 aromatic carbocycles. The molecule has 0 radical (unpaired) electrons. The number of benzene rings is 1. The van der Waals surface area contributed by atoms with Crippen molar-refractivity contribution in [3.05, 3.63) is 29.6 Å². The number of sulfonamides is 1. The van der Waals surface area contributed by atoms with Crippen molar-refractivity contribution in [1.82, 2.24) is 14.7 Å². The van der Waals surface area contributed by atoms with Crippen LogP contribution in [0.5, 0.6) is 0 Å². The van der Waals surface area contributed by atoms with Crippen LogP contribution in [0.4, 0.5) is 5.82 Å². The van der Waals surface area contributed by atoms with Gasteiger partial charge in [0.15, 0.2) is 0 Å². The molecule has 0 saturated carbocycles. The van der Waals surface area contributed by atoms with E-state index in [0.29, 0.717) is 5.82 Å². The molecule has 1 N–H and O–H groups in total. The lowest BCUT2D eigenvalue weighted by molar-refractivity contribution is 0.570. The van der Waals surface area contributed by atoms with E-state index in [0.717, 1.165) is 48.2 Å². The Hall–Kier alpha value is -1.73. The van der Waals surface area contributed by atoms with Crippen molar-refractivity contribution in [2.75, 3.05) is 18.0 Å². The van der Waals surface area contributed by atoms with Crippen LogP contribution >= 0.6 is 0 Å². The van der Waals surface area contributed by atoms with Crippen LogP contribution in [-0.4, -0.2) is 36.7 Å². The number of anilines is 1. The zero-order valence-corrected chi connectivity index (χ0v) is 15.2.